The van der Waals surface area contributed by atoms with E-state index in [-0.39, 0.29) is 82.1 Å². The lowest BCUT2D eigenvalue weighted by molar-refractivity contribution is -0.145. The van der Waals surface area contributed by atoms with Gasteiger partial charge in [0.15, 0.2) is 0 Å². The van der Waals surface area contributed by atoms with Crippen LogP contribution in [0.25, 0.3) is 0 Å². The Bertz CT molecular complexity index is 2250. The van der Waals surface area contributed by atoms with Gasteiger partial charge in [-0.3, -0.25) is 33.6 Å². The molecular weight excluding hydrogens is 1110 g/mol. The number of carbonyl (C=O) groups is 8. The van der Waals surface area contributed by atoms with Crippen molar-refractivity contribution in [2.75, 3.05) is 61.2 Å². The number of carbonyl (C=O) groups excluding carboxylic acids is 7. The number of methoxy groups -OCH3 is 3. The standard InChI is InChI=1S/C20H34N2O2.C16H27NO3.C15H25NO3.C10H21N.C7H10O4.CH4O/c1-14-7-8-16(20(2,3)4)17(11-14)22-13-15(12-18(22)23)19(24)21-9-5-6-10-21;1-16(2,3)12-7-5-6-8-13(12)17-10-11(9-14(17)18)15(19)20-4;1-15(2,3)11-6-4-5-7-12(11)16-9-10(14(18)19)8-13(16)17;1-10(2,3)8-6-4-5-7-9(8)11;1-5(7(9)11-3)4-6(8)10-2;1-2/h14-17H,5-13H2,1-4H3;11-13H,5-10H2,1-4H3;10-12H,4-9H2,1-3H3,(H,18,19);8-9H,4-7,11H2,1-3H3;1,4H2,2-3H3;2H,1H3. The van der Waals surface area contributed by atoms with Crippen molar-refractivity contribution in [1.29, 1.82) is 0 Å². The van der Waals surface area contributed by atoms with Gasteiger partial charge in [0.25, 0.3) is 0 Å². The van der Waals surface area contributed by atoms with Gasteiger partial charge in [0, 0.05) is 88.8 Å². The molecule has 4 N–H and O–H groups in total. The van der Waals surface area contributed by atoms with Gasteiger partial charge in [0.05, 0.1) is 45.5 Å². The van der Waals surface area contributed by atoms with E-state index in [0.29, 0.717) is 79.7 Å². The molecule has 0 aromatic heterocycles. The van der Waals surface area contributed by atoms with Crippen LogP contribution >= 0.6 is 0 Å². The van der Waals surface area contributed by atoms with E-state index in [2.05, 4.69) is 111 Å². The fourth-order valence-electron chi connectivity index (χ4n) is 15.4. The number of carboxylic acid groups (broad SMARTS) is 1. The summed E-state index contributed by atoms with van der Waals surface area (Å²) >= 11 is 0. The number of esters is 3. The molecule has 4 aliphatic heterocycles. The molecule has 8 fully saturated rings. The van der Waals surface area contributed by atoms with Crippen LogP contribution in [0.1, 0.15) is 225 Å². The molecule has 0 aromatic rings. The third-order valence-electron chi connectivity index (χ3n) is 20.2. The van der Waals surface area contributed by atoms with E-state index in [0.717, 1.165) is 71.1 Å². The number of nitrogens with two attached hydrogens (primary N) is 1. The highest BCUT2D eigenvalue weighted by Gasteiger charge is 2.48. The summed E-state index contributed by atoms with van der Waals surface area (Å²) in [5, 5.41) is 16.1. The van der Waals surface area contributed by atoms with Crippen LogP contribution in [0.3, 0.4) is 0 Å². The zero-order chi connectivity index (χ0) is 65.9. The summed E-state index contributed by atoms with van der Waals surface area (Å²) in [7, 11) is 4.87. The van der Waals surface area contributed by atoms with Crippen LogP contribution in [0.15, 0.2) is 12.2 Å². The number of ether oxygens (including phenoxy) is 3. The van der Waals surface area contributed by atoms with Gasteiger partial charge in [0.2, 0.25) is 23.6 Å². The third kappa shape index (κ3) is 22.7. The molecule has 0 aromatic carbocycles. The van der Waals surface area contributed by atoms with Crippen LogP contribution in [-0.4, -0.2) is 163 Å². The van der Waals surface area contributed by atoms with E-state index >= 15 is 0 Å². The topological polar surface area (TPSA) is 244 Å². The average Bonchev–Trinajstić information content (AvgIpc) is 1.87. The van der Waals surface area contributed by atoms with Crippen molar-refractivity contribution < 1.29 is 62.8 Å². The van der Waals surface area contributed by atoms with Crippen molar-refractivity contribution in [3.63, 3.8) is 0 Å². The lowest BCUT2D eigenvalue weighted by Crippen LogP contribution is -2.49. The van der Waals surface area contributed by atoms with Crippen molar-refractivity contribution in [2.45, 2.75) is 249 Å². The molecule has 18 nitrogen and oxygen atoms in total. The Morgan fingerprint density at radius 2 is 0.908 bits per heavy atom. The predicted octanol–water partition coefficient (Wildman–Crippen LogP) is 10.9. The summed E-state index contributed by atoms with van der Waals surface area (Å²) in [6.45, 7) is 36.3. The molecule has 4 aliphatic carbocycles. The maximum absolute atomic E-state index is 12.7. The Balaban J connectivity index is 0.000000291. The summed E-state index contributed by atoms with van der Waals surface area (Å²) in [6, 6.07) is 1.32. The number of carboxylic acids is 1. The predicted molar refractivity (Wildman–Crippen MR) is 340 cm³/mol. The van der Waals surface area contributed by atoms with Gasteiger partial charge in [-0.2, -0.15) is 0 Å². The molecule has 8 aliphatic rings. The van der Waals surface area contributed by atoms with E-state index in [1.807, 2.05) is 14.7 Å². The van der Waals surface area contributed by atoms with Crippen molar-refractivity contribution in [3.05, 3.63) is 12.2 Å². The average molecular weight is 1230 g/mol. The molecule has 4 saturated heterocycles. The Labute approximate surface area is 524 Å². The number of likely N-dealkylation sites (tertiary alicyclic amines) is 4. The van der Waals surface area contributed by atoms with Gasteiger partial charge in [-0.25, -0.2) is 4.79 Å². The van der Waals surface area contributed by atoms with Gasteiger partial charge in [-0.05, 0) is 115 Å². The number of rotatable bonds is 9. The monoisotopic (exact) mass is 1230 g/mol. The van der Waals surface area contributed by atoms with Crippen LogP contribution in [0.4, 0.5) is 0 Å². The van der Waals surface area contributed by atoms with E-state index in [1.54, 1.807) is 0 Å². The molecule has 12 unspecified atom stereocenters. The zero-order valence-corrected chi connectivity index (χ0v) is 57.3. The minimum atomic E-state index is -0.834. The van der Waals surface area contributed by atoms with Crippen LogP contribution in [-0.2, 0) is 52.6 Å². The van der Waals surface area contributed by atoms with Crippen LogP contribution < -0.4 is 5.73 Å². The largest absolute Gasteiger partial charge is 0.481 e. The second-order valence-electron chi connectivity index (χ2n) is 30.6. The highest BCUT2D eigenvalue weighted by Crippen LogP contribution is 2.46. The lowest BCUT2D eigenvalue weighted by Gasteiger charge is -2.46. The van der Waals surface area contributed by atoms with Gasteiger partial charge in [-0.15, -0.1) is 0 Å². The SMILES string of the molecule is C=C(CC(=O)OC)C(=O)OC.CC(C)(C)C1CCCCC1N.CC(C)(C)C1CCCCC1N1CC(C(=O)O)CC1=O.CC1CCC(C(C)(C)C)C(N2CC(C(=O)N3CCCC3)CC2=O)C1.CO.COC(=O)C1CC(=O)N(C2CCCCC2C(C)(C)C)C1. The van der Waals surface area contributed by atoms with E-state index < -0.39 is 23.8 Å². The van der Waals surface area contributed by atoms with E-state index in [1.165, 1.54) is 85.5 Å². The van der Waals surface area contributed by atoms with Gasteiger partial charge >= 0.3 is 23.9 Å². The molecule has 0 spiro atoms. The van der Waals surface area contributed by atoms with Crippen molar-refractivity contribution >= 4 is 47.5 Å². The Hall–Kier alpha value is -4.58. The zero-order valence-electron chi connectivity index (χ0n) is 57.3. The van der Waals surface area contributed by atoms with Gasteiger partial charge in [-0.1, -0.05) is 142 Å². The third-order valence-corrected chi connectivity index (χ3v) is 20.2. The number of nitrogens with zero attached hydrogens (tertiary/aromatic N) is 4. The van der Waals surface area contributed by atoms with E-state index in [9.17, 15) is 38.4 Å². The summed E-state index contributed by atoms with van der Waals surface area (Å²) in [5.41, 5.74) is 7.17. The first-order valence-corrected chi connectivity index (χ1v) is 33.1. The number of hydrogen-bond acceptors (Lipinski definition) is 13. The van der Waals surface area contributed by atoms with E-state index in [4.69, 9.17) is 20.7 Å². The number of aliphatic hydroxyl groups is 1. The molecule has 500 valence electrons. The highest BCUT2D eigenvalue weighted by molar-refractivity contribution is 5.93. The molecule has 18 heteroatoms. The minimum absolute atomic E-state index is 0.0357. The van der Waals surface area contributed by atoms with Crippen LogP contribution in [0, 0.1) is 69.0 Å². The van der Waals surface area contributed by atoms with Crippen molar-refractivity contribution in [2.24, 2.45) is 74.7 Å². The normalized spacial score (nSPS) is 29.4. The summed E-state index contributed by atoms with van der Waals surface area (Å²) in [4.78, 5) is 102. The van der Waals surface area contributed by atoms with Gasteiger partial charge < -0.3 is 49.8 Å². The molecule has 8 rings (SSSR count). The quantitative estimate of drug-likeness (QED) is 0.110. The number of amides is 4. The number of hydrogen-bond donors (Lipinski definition) is 3. The van der Waals surface area contributed by atoms with Crippen molar-refractivity contribution in [1.82, 2.24) is 19.6 Å². The molecule has 87 heavy (non-hydrogen) atoms. The smallest absolute Gasteiger partial charge is 0.333 e. The molecular formula is C69H121N5O13. The lowest BCUT2D eigenvalue weighted by atomic mass is 9.67. The summed E-state index contributed by atoms with van der Waals surface area (Å²) in [6.07, 6.45) is 21.1. The van der Waals surface area contributed by atoms with Crippen molar-refractivity contribution in [3.8, 4) is 0 Å². The highest BCUT2D eigenvalue weighted by atomic mass is 16.5. The second kappa shape index (κ2) is 34.6. The summed E-state index contributed by atoms with van der Waals surface area (Å²) < 4.78 is 13.4. The Kier molecular flexibility index (Phi) is 30.5. The second-order valence-corrected chi connectivity index (χ2v) is 30.6. The molecule has 12 atom stereocenters. The molecule has 0 bridgehead atoms. The number of aliphatic carboxylic acids is 1. The Morgan fingerprint density at radius 3 is 1.31 bits per heavy atom. The number of aliphatic hydroxyl groups excluding tert-OH is 1. The maximum Gasteiger partial charge on any atom is 0.333 e. The van der Waals surface area contributed by atoms with Crippen LogP contribution in [0.2, 0.25) is 0 Å². The first kappa shape index (κ1) is 76.7. The summed E-state index contributed by atoms with van der Waals surface area (Å²) in [5.74, 6) is 0.520. The molecule has 4 heterocycles. The minimum Gasteiger partial charge on any atom is -0.481 e. The van der Waals surface area contributed by atoms with Gasteiger partial charge in [0.1, 0.15) is 0 Å². The molecule has 4 amide bonds. The van der Waals surface area contributed by atoms with Crippen LogP contribution in [0.5, 0.6) is 0 Å². The first-order valence-electron chi connectivity index (χ1n) is 33.1. The fourth-order valence-corrected chi connectivity index (χ4v) is 15.4. The maximum atomic E-state index is 12.7. The fraction of sp³-hybridized carbons (Fsp3) is 0.855. The first-order chi connectivity index (χ1) is 40.5. The molecule has 4 saturated carbocycles. The molecule has 0 radical (unpaired) electrons. The Morgan fingerprint density at radius 1 is 0.517 bits per heavy atom.